The molecule has 0 aliphatic rings. The summed E-state index contributed by atoms with van der Waals surface area (Å²) in [6.45, 7) is 10.3. The first-order valence-electron chi connectivity index (χ1n) is 7.26. The van der Waals surface area contributed by atoms with E-state index in [4.69, 9.17) is 4.74 Å². The number of aliphatic hydroxyl groups is 1. The lowest BCUT2D eigenvalue weighted by atomic mass is 9.90. The lowest BCUT2D eigenvalue weighted by molar-refractivity contribution is 0.213. The first-order chi connectivity index (χ1) is 9.86. The zero-order valence-electron chi connectivity index (χ0n) is 13.7. The molecule has 0 spiro atoms. The summed E-state index contributed by atoms with van der Waals surface area (Å²) in [6.07, 6.45) is -0.667. The minimum atomic E-state index is -0.667. The number of benzene rings is 2. The van der Waals surface area contributed by atoms with E-state index in [1.807, 2.05) is 32.9 Å². The Labute approximate surface area is 127 Å². The molecule has 1 unspecified atom stereocenters. The molecule has 1 atom stereocenters. The smallest absolute Gasteiger partial charge is 0.128 e. The summed E-state index contributed by atoms with van der Waals surface area (Å²) < 4.78 is 5.54. The van der Waals surface area contributed by atoms with Gasteiger partial charge in [-0.05, 0) is 62.4 Å². The van der Waals surface area contributed by atoms with Gasteiger partial charge in [0.25, 0.3) is 0 Å². The molecular formula is C19H24O2. The van der Waals surface area contributed by atoms with E-state index >= 15 is 0 Å². The number of aryl methyl sites for hydroxylation is 4. The number of hydrogen-bond donors (Lipinski definition) is 1. The second-order valence-electron chi connectivity index (χ2n) is 5.84. The third-order valence-corrected chi connectivity index (χ3v) is 4.22. The van der Waals surface area contributed by atoms with Gasteiger partial charge < -0.3 is 9.84 Å². The van der Waals surface area contributed by atoms with Gasteiger partial charge in [0.1, 0.15) is 11.9 Å². The molecule has 0 aliphatic heterocycles. The van der Waals surface area contributed by atoms with Crippen molar-refractivity contribution in [2.45, 2.75) is 40.7 Å². The van der Waals surface area contributed by atoms with Gasteiger partial charge in [0.15, 0.2) is 0 Å². The van der Waals surface area contributed by atoms with Crippen LogP contribution in [0.5, 0.6) is 5.75 Å². The molecule has 2 aromatic rings. The highest BCUT2D eigenvalue weighted by molar-refractivity contribution is 5.51. The molecule has 2 rings (SSSR count). The van der Waals surface area contributed by atoms with Crippen LogP contribution in [0.4, 0.5) is 0 Å². The van der Waals surface area contributed by atoms with E-state index in [0.29, 0.717) is 0 Å². The Morgan fingerprint density at radius 2 is 1.48 bits per heavy atom. The normalized spacial score (nSPS) is 12.3. The second-order valence-corrected chi connectivity index (χ2v) is 5.84. The van der Waals surface area contributed by atoms with E-state index in [9.17, 15) is 5.11 Å². The number of hydrogen-bond acceptors (Lipinski definition) is 2. The Morgan fingerprint density at radius 3 is 2.00 bits per heavy atom. The minimum absolute atomic E-state index is 0.667. The maximum absolute atomic E-state index is 10.9. The van der Waals surface area contributed by atoms with Gasteiger partial charge in [-0.1, -0.05) is 29.8 Å². The summed E-state index contributed by atoms with van der Waals surface area (Å²) in [7, 11) is 1.66. The van der Waals surface area contributed by atoms with Crippen molar-refractivity contribution in [2.75, 3.05) is 7.11 Å². The van der Waals surface area contributed by atoms with E-state index < -0.39 is 6.10 Å². The predicted molar refractivity (Wildman–Crippen MR) is 87.2 cm³/mol. The average molecular weight is 284 g/mol. The van der Waals surface area contributed by atoms with Crippen molar-refractivity contribution >= 4 is 0 Å². The standard InChI is InChI=1S/C19H24O2/c1-11-9-13(3)17(14(4)10-11)18(20)16-8-7-12(2)15(5)19(16)21-6/h7-10,18,20H,1-6H3. The van der Waals surface area contributed by atoms with Gasteiger partial charge in [0, 0.05) is 5.56 Å². The Kier molecular flexibility index (Phi) is 4.38. The van der Waals surface area contributed by atoms with Crippen LogP contribution in [0.3, 0.4) is 0 Å². The summed E-state index contributed by atoms with van der Waals surface area (Å²) >= 11 is 0. The van der Waals surface area contributed by atoms with E-state index in [1.54, 1.807) is 7.11 Å². The number of rotatable bonds is 3. The molecule has 2 heteroatoms. The van der Waals surface area contributed by atoms with Gasteiger partial charge in [-0.3, -0.25) is 0 Å². The van der Waals surface area contributed by atoms with Gasteiger partial charge in [0.05, 0.1) is 7.11 Å². The van der Waals surface area contributed by atoms with E-state index in [-0.39, 0.29) is 0 Å². The number of methoxy groups -OCH3 is 1. The van der Waals surface area contributed by atoms with Gasteiger partial charge in [-0.15, -0.1) is 0 Å². The molecule has 0 amide bonds. The maximum Gasteiger partial charge on any atom is 0.128 e. The highest BCUT2D eigenvalue weighted by Gasteiger charge is 2.21. The van der Waals surface area contributed by atoms with E-state index in [0.717, 1.165) is 33.6 Å². The SMILES string of the molecule is COc1c(C(O)c2c(C)cc(C)cc2C)ccc(C)c1C. The Morgan fingerprint density at radius 1 is 0.905 bits per heavy atom. The molecule has 0 saturated heterocycles. The summed E-state index contributed by atoms with van der Waals surface area (Å²) in [5, 5.41) is 10.9. The van der Waals surface area contributed by atoms with Crippen LogP contribution in [0.1, 0.15) is 45.0 Å². The fourth-order valence-corrected chi connectivity index (χ4v) is 3.08. The van der Waals surface area contributed by atoms with Crippen molar-refractivity contribution in [2.24, 2.45) is 0 Å². The minimum Gasteiger partial charge on any atom is -0.496 e. The third kappa shape index (κ3) is 2.81. The van der Waals surface area contributed by atoms with Crippen LogP contribution in [-0.2, 0) is 0 Å². The predicted octanol–water partition coefficient (Wildman–Crippen LogP) is 4.32. The Balaban J connectivity index is 2.61. The molecular weight excluding hydrogens is 260 g/mol. The highest BCUT2D eigenvalue weighted by Crippen LogP contribution is 2.36. The topological polar surface area (TPSA) is 29.5 Å². The van der Waals surface area contributed by atoms with Gasteiger partial charge in [-0.25, -0.2) is 0 Å². The zero-order valence-corrected chi connectivity index (χ0v) is 13.7. The molecule has 0 aliphatic carbocycles. The van der Waals surface area contributed by atoms with Crippen LogP contribution in [0.25, 0.3) is 0 Å². The molecule has 0 bridgehead atoms. The fraction of sp³-hybridized carbons (Fsp3) is 0.368. The molecule has 2 aromatic carbocycles. The van der Waals surface area contributed by atoms with Crippen molar-refractivity contribution in [3.05, 3.63) is 63.2 Å². The van der Waals surface area contributed by atoms with Crippen molar-refractivity contribution in [3.8, 4) is 5.75 Å². The molecule has 0 radical (unpaired) electrons. The first kappa shape index (κ1) is 15.6. The third-order valence-electron chi connectivity index (χ3n) is 4.22. The van der Waals surface area contributed by atoms with Gasteiger partial charge in [0.2, 0.25) is 0 Å². The van der Waals surface area contributed by atoms with Crippen molar-refractivity contribution in [3.63, 3.8) is 0 Å². The largest absolute Gasteiger partial charge is 0.496 e. The quantitative estimate of drug-likeness (QED) is 0.909. The molecule has 0 saturated carbocycles. The Bertz CT molecular complexity index is 649. The molecule has 112 valence electrons. The van der Waals surface area contributed by atoms with E-state index in [1.165, 1.54) is 11.1 Å². The van der Waals surface area contributed by atoms with Crippen LogP contribution in [0, 0.1) is 34.6 Å². The average Bonchev–Trinajstić information content (AvgIpc) is 2.40. The van der Waals surface area contributed by atoms with E-state index in [2.05, 4.69) is 26.0 Å². The lowest BCUT2D eigenvalue weighted by Crippen LogP contribution is -2.08. The van der Waals surface area contributed by atoms with Gasteiger partial charge >= 0.3 is 0 Å². The summed E-state index contributed by atoms with van der Waals surface area (Å²) in [6, 6.07) is 8.22. The highest BCUT2D eigenvalue weighted by atomic mass is 16.5. The number of aliphatic hydroxyl groups excluding tert-OH is 1. The molecule has 0 heterocycles. The summed E-state index contributed by atoms with van der Waals surface area (Å²) in [5.74, 6) is 0.780. The van der Waals surface area contributed by atoms with Gasteiger partial charge in [-0.2, -0.15) is 0 Å². The van der Waals surface area contributed by atoms with Crippen molar-refractivity contribution < 1.29 is 9.84 Å². The van der Waals surface area contributed by atoms with Crippen LogP contribution < -0.4 is 4.74 Å². The maximum atomic E-state index is 10.9. The Hall–Kier alpha value is -1.80. The molecule has 0 aromatic heterocycles. The monoisotopic (exact) mass is 284 g/mol. The zero-order chi connectivity index (χ0) is 15.7. The summed E-state index contributed by atoms with van der Waals surface area (Å²) in [5.41, 5.74) is 7.49. The van der Waals surface area contributed by atoms with Crippen LogP contribution in [-0.4, -0.2) is 12.2 Å². The second kappa shape index (κ2) is 5.90. The number of ether oxygens (including phenoxy) is 1. The molecule has 2 nitrogen and oxygen atoms in total. The molecule has 1 N–H and O–H groups in total. The van der Waals surface area contributed by atoms with Crippen LogP contribution >= 0.6 is 0 Å². The van der Waals surface area contributed by atoms with Crippen molar-refractivity contribution in [1.82, 2.24) is 0 Å². The lowest BCUT2D eigenvalue weighted by Gasteiger charge is -2.21. The molecule has 0 fully saturated rings. The van der Waals surface area contributed by atoms with Crippen molar-refractivity contribution in [1.29, 1.82) is 0 Å². The summed E-state index contributed by atoms with van der Waals surface area (Å²) in [4.78, 5) is 0. The molecule has 21 heavy (non-hydrogen) atoms. The fourth-order valence-electron chi connectivity index (χ4n) is 3.08. The first-order valence-corrected chi connectivity index (χ1v) is 7.26. The van der Waals surface area contributed by atoms with Crippen LogP contribution in [0.15, 0.2) is 24.3 Å². The van der Waals surface area contributed by atoms with Crippen LogP contribution in [0.2, 0.25) is 0 Å².